The van der Waals surface area contributed by atoms with Gasteiger partial charge in [0.2, 0.25) is 0 Å². The molecule has 100 valence electrons. The maximum atomic E-state index is 8.80. The molecule has 0 amide bonds. The van der Waals surface area contributed by atoms with E-state index in [2.05, 4.69) is 0 Å². The van der Waals surface area contributed by atoms with Gasteiger partial charge in [-0.2, -0.15) is 0 Å². The summed E-state index contributed by atoms with van der Waals surface area (Å²) in [5.74, 6) is 2.03. The van der Waals surface area contributed by atoms with Crippen LogP contribution in [0.15, 0.2) is 48.5 Å². The van der Waals surface area contributed by atoms with Crippen molar-refractivity contribution in [3.05, 3.63) is 48.5 Å². The van der Waals surface area contributed by atoms with Crippen LogP contribution in [-0.4, -0.2) is 24.4 Å². The molecule has 2 aromatic rings. The second-order valence-corrected chi connectivity index (χ2v) is 3.40. The fourth-order valence-electron chi connectivity index (χ4n) is 1.16. The van der Waals surface area contributed by atoms with Crippen molar-refractivity contribution in [3.8, 4) is 23.0 Å². The van der Waals surface area contributed by atoms with Crippen LogP contribution in [0.25, 0.3) is 0 Å². The first-order valence-corrected chi connectivity index (χ1v) is 5.31. The molecule has 0 aliphatic carbocycles. The third-order valence-electron chi connectivity index (χ3n) is 2.14. The molecule has 0 radical (unpaired) electrons. The molecule has 0 aromatic heterocycles. The number of hydrogen-bond donors (Lipinski definition) is 2. The van der Waals surface area contributed by atoms with Gasteiger partial charge in [0.1, 0.15) is 23.0 Å². The fourth-order valence-corrected chi connectivity index (χ4v) is 1.16. The number of methoxy groups -OCH3 is 2. The zero-order valence-electron chi connectivity index (χ0n) is 10.8. The van der Waals surface area contributed by atoms with E-state index in [0.29, 0.717) is 0 Å². The smallest absolute Gasteiger partial charge is 0.119 e. The molecule has 0 saturated carbocycles. The van der Waals surface area contributed by atoms with Crippen molar-refractivity contribution in [2.45, 2.75) is 0 Å². The second kappa shape index (κ2) is 9.45. The Labute approximate surface area is 131 Å². The molecule has 0 saturated heterocycles. The van der Waals surface area contributed by atoms with Crippen molar-refractivity contribution in [1.29, 1.82) is 0 Å². The number of phenolic OH excluding ortho intramolecular Hbond substituents is 2. The molecule has 2 aromatic carbocycles. The molecule has 19 heavy (non-hydrogen) atoms. The number of aromatic hydroxyl groups is 2. The van der Waals surface area contributed by atoms with Gasteiger partial charge in [0.25, 0.3) is 0 Å². The molecular formula is C14H16O4Zr. The van der Waals surface area contributed by atoms with E-state index in [1.807, 2.05) is 0 Å². The number of ether oxygens (including phenoxy) is 2. The van der Waals surface area contributed by atoms with Gasteiger partial charge in [-0.3, -0.25) is 0 Å². The minimum Gasteiger partial charge on any atom is -0.508 e. The quantitative estimate of drug-likeness (QED) is 0.883. The normalized spacial score (nSPS) is 8.53. The Morgan fingerprint density at radius 3 is 1.11 bits per heavy atom. The summed E-state index contributed by atoms with van der Waals surface area (Å²) >= 11 is 0. The Morgan fingerprint density at radius 2 is 0.895 bits per heavy atom. The fraction of sp³-hybridized carbons (Fsp3) is 0.143. The summed E-state index contributed by atoms with van der Waals surface area (Å²) in [6.45, 7) is 0. The molecule has 5 heteroatoms. The van der Waals surface area contributed by atoms with Crippen LogP contribution in [-0.2, 0) is 26.2 Å². The third kappa shape index (κ3) is 6.87. The molecule has 0 spiro atoms. The Balaban J connectivity index is 0.000000324. The van der Waals surface area contributed by atoms with E-state index >= 15 is 0 Å². The predicted octanol–water partition coefficient (Wildman–Crippen LogP) is 2.80. The SMILES string of the molecule is COc1ccc(O)cc1.COc1ccc(O)cc1.[Zr]. The Bertz CT molecular complexity index is 408. The number of benzene rings is 2. The molecule has 0 aliphatic heterocycles. The summed E-state index contributed by atoms with van der Waals surface area (Å²) in [6, 6.07) is 13.1. The molecule has 2 N–H and O–H groups in total. The molecule has 0 aliphatic rings. The van der Waals surface area contributed by atoms with Crippen LogP contribution in [0, 0.1) is 0 Å². The molecule has 4 nitrogen and oxygen atoms in total. The zero-order valence-corrected chi connectivity index (χ0v) is 13.3. The molecule has 2 rings (SSSR count). The largest absolute Gasteiger partial charge is 0.508 e. The van der Waals surface area contributed by atoms with Gasteiger partial charge in [-0.15, -0.1) is 0 Å². The maximum Gasteiger partial charge on any atom is 0.119 e. The van der Waals surface area contributed by atoms with Gasteiger partial charge in [0.05, 0.1) is 14.2 Å². The molecular weight excluding hydrogens is 323 g/mol. The van der Waals surface area contributed by atoms with Gasteiger partial charge < -0.3 is 19.7 Å². The van der Waals surface area contributed by atoms with Crippen molar-refractivity contribution in [2.24, 2.45) is 0 Å². The second-order valence-electron chi connectivity index (χ2n) is 3.40. The van der Waals surface area contributed by atoms with Crippen LogP contribution < -0.4 is 9.47 Å². The van der Waals surface area contributed by atoms with Crippen molar-refractivity contribution < 1.29 is 45.9 Å². The van der Waals surface area contributed by atoms with Crippen LogP contribution >= 0.6 is 0 Å². The average Bonchev–Trinajstić information content (AvgIpc) is 2.41. The third-order valence-corrected chi connectivity index (χ3v) is 2.14. The van der Waals surface area contributed by atoms with E-state index in [4.69, 9.17) is 19.7 Å². The van der Waals surface area contributed by atoms with Gasteiger partial charge >= 0.3 is 0 Å². The molecule has 0 unspecified atom stereocenters. The summed E-state index contributed by atoms with van der Waals surface area (Å²) in [5.41, 5.74) is 0. The summed E-state index contributed by atoms with van der Waals surface area (Å²) in [7, 11) is 3.18. The van der Waals surface area contributed by atoms with Gasteiger partial charge in [-0.05, 0) is 48.5 Å². The number of phenols is 2. The Kier molecular flexibility index (Phi) is 8.72. The van der Waals surface area contributed by atoms with Crippen molar-refractivity contribution in [1.82, 2.24) is 0 Å². The van der Waals surface area contributed by atoms with Gasteiger partial charge in [-0.25, -0.2) is 0 Å². The summed E-state index contributed by atoms with van der Waals surface area (Å²) in [6.07, 6.45) is 0. The van der Waals surface area contributed by atoms with E-state index in [-0.39, 0.29) is 37.7 Å². The summed E-state index contributed by atoms with van der Waals surface area (Å²) < 4.78 is 9.72. The summed E-state index contributed by atoms with van der Waals surface area (Å²) in [4.78, 5) is 0. The average molecular weight is 340 g/mol. The van der Waals surface area contributed by atoms with E-state index < -0.39 is 0 Å². The van der Waals surface area contributed by atoms with Crippen molar-refractivity contribution >= 4 is 0 Å². The number of rotatable bonds is 2. The minimum absolute atomic E-state index is 0. The number of hydrogen-bond acceptors (Lipinski definition) is 4. The maximum absolute atomic E-state index is 8.80. The standard InChI is InChI=1S/2C7H8O2.Zr/c2*1-9-7-4-2-6(8)3-5-7;/h2*2-5,8H,1H3;. The topological polar surface area (TPSA) is 58.9 Å². The zero-order chi connectivity index (χ0) is 13.4. The van der Waals surface area contributed by atoms with Crippen molar-refractivity contribution in [2.75, 3.05) is 14.2 Å². The van der Waals surface area contributed by atoms with Gasteiger partial charge in [0, 0.05) is 26.2 Å². The van der Waals surface area contributed by atoms with Gasteiger partial charge in [0.15, 0.2) is 0 Å². The van der Waals surface area contributed by atoms with Crippen LogP contribution in [0.2, 0.25) is 0 Å². The summed E-state index contributed by atoms with van der Waals surface area (Å²) in [5, 5.41) is 17.6. The first-order valence-electron chi connectivity index (χ1n) is 5.31. The van der Waals surface area contributed by atoms with Crippen LogP contribution in [0.1, 0.15) is 0 Å². The molecule has 0 atom stereocenters. The molecule has 0 fully saturated rings. The minimum atomic E-state index is 0. The van der Waals surface area contributed by atoms with Gasteiger partial charge in [-0.1, -0.05) is 0 Å². The van der Waals surface area contributed by atoms with Crippen molar-refractivity contribution in [3.63, 3.8) is 0 Å². The van der Waals surface area contributed by atoms with E-state index in [9.17, 15) is 0 Å². The van der Waals surface area contributed by atoms with Crippen LogP contribution in [0.5, 0.6) is 23.0 Å². The first-order chi connectivity index (χ1) is 8.65. The molecule has 0 bridgehead atoms. The first kappa shape index (κ1) is 17.5. The van der Waals surface area contributed by atoms with E-state index in [0.717, 1.165) is 11.5 Å². The van der Waals surface area contributed by atoms with Crippen LogP contribution in [0.4, 0.5) is 0 Å². The van der Waals surface area contributed by atoms with Crippen LogP contribution in [0.3, 0.4) is 0 Å². The van der Waals surface area contributed by atoms with E-state index in [1.165, 1.54) is 0 Å². The Hall–Kier alpha value is -1.48. The molecule has 0 heterocycles. The van der Waals surface area contributed by atoms with E-state index in [1.54, 1.807) is 62.8 Å². The monoisotopic (exact) mass is 338 g/mol. The predicted molar refractivity (Wildman–Crippen MR) is 69.3 cm³/mol. The Morgan fingerprint density at radius 1 is 0.632 bits per heavy atom.